The van der Waals surface area contributed by atoms with Crippen LogP contribution in [0.5, 0.6) is 5.75 Å². The van der Waals surface area contributed by atoms with E-state index in [-0.39, 0.29) is 18.6 Å². The molecule has 0 spiro atoms. The van der Waals surface area contributed by atoms with Gasteiger partial charge in [0.15, 0.2) is 0 Å². The fraction of sp³-hybridized carbons (Fsp3) is 0.462. The van der Waals surface area contributed by atoms with Crippen molar-refractivity contribution in [1.29, 1.82) is 0 Å². The Balaban J connectivity index is 2.13. The average molecular weight is 237 g/mol. The summed E-state index contributed by atoms with van der Waals surface area (Å²) >= 11 is 0. The Bertz CT molecular complexity index is 420. The molecule has 0 radical (unpaired) electrons. The van der Waals surface area contributed by atoms with Gasteiger partial charge >= 0.3 is 5.97 Å². The second kappa shape index (κ2) is 5.17. The van der Waals surface area contributed by atoms with Crippen LogP contribution in [0.4, 0.5) is 10.1 Å². The Kier molecular flexibility index (Phi) is 3.61. The summed E-state index contributed by atoms with van der Waals surface area (Å²) in [5, 5.41) is 3.09. The summed E-state index contributed by atoms with van der Waals surface area (Å²) in [5.74, 6) is 0.635. The number of carbonyl (C=O) groups is 1. The molecule has 0 aromatic heterocycles. The fourth-order valence-electron chi connectivity index (χ4n) is 1.96. The Hall–Kier alpha value is -1.58. The molecule has 17 heavy (non-hydrogen) atoms. The lowest BCUT2D eigenvalue weighted by atomic mass is 9.94. The van der Waals surface area contributed by atoms with Crippen LogP contribution in [0.2, 0.25) is 0 Å². The normalized spacial score (nSPS) is 18.5. The lowest BCUT2D eigenvalue weighted by Gasteiger charge is -2.22. The molecule has 0 fully saturated rings. The summed E-state index contributed by atoms with van der Waals surface area (Å²) in [7, 11) is 0. The van der Waals surface area contributed by atoms with Crippen molar-refractivity contribution in [2.24, 2.45) is 0 Å². The number of hydrogen-bond acceptors (Lipinski definition) is 3. The highest BCUT2D eigenvalue weighted by molar-refractivity contribution is 5.77. The van der Waals surface area contributed by atoms with Crippen LogP contribution in [-0.4, -0.2) is 19.2 Å². The Morgan fingerprint density at radius 3 is 3.12 bits per heavy atom. The van der Waals surface area contributed by atoms with Crippen molar-refractivity contribution in [2.75, 3.05) is 18.5 Å². The van der Waals surface area contributed by atoms with Gasteiger partial charge in [0, 0.05) is 18.3 Å². The number of halogens is 1. The van der Waals surface area contributed by atoms with E-state index in [0.29, 0.717) is 25.1 Å². The van der Waals surface area contributed by atoms with Crippen LogP contribution in [-0.2, 0) is 4.79 Å². The minimum atomic E-state index is -0.329. The zero-order valence-corrected chi connectivity index (χ0v) is 9.83. The summed E-state index contributed by atoms with van der Waals surface area (Å²) in [4.78, 5) is 11.3. The first-order chi connectivity index (χ1) is 8.20. The number of anilines is 1. The monoisotopic (exact) mass is 237 g/mol. The number of alkyl halides is 1. The molecule has 3 nitrogen and oxygen atoms in total. The largest absolute Gasteiger partial charge is 0.426 e. The van der Waals surface area contributed by atoms with Crippen LogP contribution in [0.15, 0.2) is 18.2 Å². The van der Waals surface area contributed by atoms with Crippen molar-refractivity contribution >= 4 is 11.7 Å². The van der Waals surface area contributed by atoms with Crippen LogP contribution >= 0.6 is 0 Å². The SMILES string of the molecule is CC1CC(=O)Oc2cc(NCCCF)ccc21. The van der Waals surface area contributed by atoms with Gasteiger partial charge in [0.1, 0.15) is 5.75 Å². The molecule has 0 bridgehead atoms. The van der Waals surface area contributed by atoms with Crippen molar-refractivity contribution in [1.82, 2.24) is 0 Å². The van der Waals surface area contributed by atoms with E-state index in [4.69, 9.17) is 4.74 Å². The smallest absolute Gasteiger partial charge is 0.311 e. The molecule has 2 rings (SSSR count). The van der Waals surface area contributed by atoms with Gasteiger partial charge < -0.3 is 10.1 Å². The third kappa shape index (κ3) is 2.75. The Labute approximate surface area is 100.0 Å². The van der Waals surface area contributed by atoms with Crippen molar-refractivity contribution in [3.05, 3.63) is 23.8 Å². The van der Waals surface area contributed by atoms with E-state index in [1.165, 1.54) is 0 Å². The molecule has 1 aromatic carbocycles. The summed E-state index contributed by atoms with van der Waals surface area (Å²) in [6.07, 6.45) is 0.912. The summed E-state index contributed by atoms with van der Waals surface area (Å²) in [6, 6.07) is 5.71. The summed E-state index contributed by atoms with van der Waals surface area (Å²) in [5.41, 5.74) is 1.92. The van der Waals surface area contributed by atoms with Gasteiger partial charge in [0.25, 0.3) is 0 Å². The maximum Gasteiger partial charge on any atom is 0.311 e. The van der Waals surface area contributed by atoms with E-state index in [0.717, 1.165) is 11.3 Å². The van der Waals surface area contributed by atoms with Gasteiger partial charge in [-0.3, -0.25) is 9.18 Å². The van der Waals surface area contributed by atoms with E-state index in [9.17, 15) is 9.18 Å². The molecule has 1 unspecified atom stereocenters. The second-order valence-electron chi connectivity index (χ2n) is 4.30. The molecule has 0 saturated heterocycles. The van der Waals surface area contributed by atoms with Crippen molar-refractivity contribution in [3.8, 4) is 5.75 Å². The molecular formula is C13H16FNO2. The van der Waals surface area contributed by atoms with Crippen molar-refractivity contribution in [3.63, 3.8) is 0 Å². The van der Waals surface area contributed by atoms with E-state index < -0.39 is 0 Å². The molecule has 1 aliphatic heterocycles. The maximum atomic E-state index is 12.0. The molecule has 0 aliphatic carbocycles. The highest BCUT2D eigenvalue weighted by Gasteiger charge is 2.23. The van der Waals surface area contributed by atoms with Gasteiger partial charge in [-0.25, -0.2) is 0 Å². The number of fused-ring (bicyclic) bond motifs is 1. The first-order valence-electron chi connectivity index (χ1n) is 5.85. The molecule has 1 heterocycles. The molecule has 1 N–H and O–H groups in total. The van der Waals surface area contributed by atoms with Gasteiger partial charge in [-0.2, -0.15) is 0 Å². The van der Waals surface area contributed by atoms with Gasteiger partial charge in [0.2, 0.25) is 0 Å². The third-order valence-electron chi connectivity index (χ3n) is 2.88. The third-order valence-corrected chi connectivity index (χ3v) is 2.88. The second-order valence-corrected chi connectivity index (χ2v) is 4.30. The topological polar surface area (TPSA) is 38.3 Å². The van der Waals surface area contributed by atoms with Crippen LogP contribution < -0.4 is 10.1 Å². The van der Waals surface area contributed by atoms with Crippen LogP contribution in [0.1, 0.15) is 31.2 Å². The summed E-state index contributed by atoms with van der Waals surface area (Å²) < 4.78 is 17.2. The number of benzene rings is 1. The predicted octanol–water partition coefficient (Wildman–Crippen LogP) is 2.87. The molecule has 1 aromatic rings. The number of esters is 1. The molecule has 0 amide bonds. The van der Waals surface area contributed by atoms with Crippen LogP contribution in [0.25, 0.3) is 0 Å². The number of rotatable bonds is 4. The molecule has 92 valence electrons. The van der Waals surface area contributed by atoms with E-state index in [1.54, 1.807) is 6.07 Å². The highest BCUT2D eigenvalue weighted by atomic mass is 19.1. The van der Waals surface area contributed by atoms with E-state index in [1.807, 2.05) is 19.1 Å². The molecular weight excluding hydrogens is 221 g/mol. The summed E-state index contributed by atoms with van der Waals surface area (Å²) in [6.45, 7) is 2.26. The number of hydrogen-bond donors (Lipinski definition) is 1. The van der Waals surface area contributed by atoms with Crippen LogP contribution in [0.3, 0.4) is 0 Å². The van der Waals surface area contributed by atoms with Crippen LogP contribution in [0, 0.1) is 0 Å². The fourth-order valence-corrected chi connectivity index (χ4v) is 1.96. The molecule has 1 aliphatic rings. The number of ether oxygens (including phenoxy) is 1. The predicted molar refractivity (Wildman–Crippen MR) is 64.2 cm³/mol. The molecule has 1 atom stereocenters. The van der Waals surface area contributed by atoms with E-state index >= 15 is 0 Å². The van der Waals surface area contributed by atoms with Crippen molar-refractivity contribution in [2.45, 2.75) is 25.7 Å². The zero-order valence-electron chi connectivity index (χ0n) is 9.83. The van der Waals surface area contributed by atoms with Crippen molar-refractivity contribution < 1.29 is 13.9 Å². The minimum absolute atomic E-state index is 0.189. The lowest BCUT2D eigenvalue weighted by Crippen LogP contribution is -2.18. The Morgan fingerprint density at radius 1 is 1.53 bits per heavy atom. The highest BCUT2D eigenvalue weighted by Crippen LogP contribution is 2.35. The minimum Gasteiger partial charge on any atom is -0.426 e. The van der Waals surface area contributed by atoms with Gasteiger partial charge in [-0.1, -0.05) is 13.0 Å². The lowest BCUT2D eigenvalue weighted by molar-refractivity contribution is -0.135. The standard InChI is InChI=1S/C13H16FNO2/c1-9-7-13(16)17-12-8-10(3-4-11(9)12)15-6-2-5-14/h3-4,8-9,15H,2,5-7H2,1H3. The zero-order chi connectivity index (χ0) is 12.3. The number of carbonyl (C=O) groups excluding carboxylic acids is 1. The quantitative estimate of drug-likeness (QED) is 0.497. The molecule has 4 heteroatoms. The van der Waals surface area contributed by atoms with E-state index in [2.05, 4.69) is 5.32 Å². The first kappa shape index (κ1) is 11.9. The van der Waals surface area contributed by atoms with Gasteiger partial charge in [-0.05, 0) is 24.0 Å². The molecule has 0 saturated carbocycles. The Morgan fingerprint density at radius 2 is 2.35 bits per heavy atom. The first-order valence-corrected chi connectivity index (χ1v) is 5.85. The number of nitrogens with one attached hydrogen (secondary N) is 1. The van der Waals surface area contributed by atoms with Gasteiger partial charge in [0.05, 0.1) is 13.1 Å². The van der Waals surface area contributed by atoms with Gasteiger partial charge in [-0.15, -0.1) is 0 Å². The average Bonchev–Trinajstić information content (AvgIpc) is 2.28. The maximum absolute atomic E-state index is 12.0.